The highest BCUT2D eigenvalue weighted by Gasteiger charge is 2.24. The highest BCUT2D eigenvalue weighted by molar-refractivity contribution is 4.90. The van der Waals surface area contributed by atoms with Crippen LogP contribution in [0.3, 0.4) is 0 Å². The topological polar surface area (TPSA) is 9.23 Å². The molecule has 0 N–H and O–H groups in total. The molecular formula is C21H38O. The smallest absolute Gasteiger partial charge is 0.0575 e. The molecule has 0 aromatic rings. The van der Waals surface area contributed by atoms with Crippen molar-refractivity contribution < 1.29 is 4.74 Å². The molecule has 0 atom stereocenters. The molecule has 0 aromatic carbocycles. The van der Waals surface area contributed by atoms with Gasteiger partial charge in [0.25, 0.3) is 0 Å². The molecule has 0 amide bonds. The van der Waals surface area contributed by atoms with Gasteiger partial charge in [0.15, 0.2) is 0 Å². The Bertz CT molecular complexity index is 293. The van der Waals surface area contributed by atoms with E-state index in [4.69, 9.17) is 4.74 Å². The van der Waals surface area contributed by atoms with Gasteiger partial charge in [0.1, 0.15) is 0 Å². The molecule has 0 heterocycles. The largest absolute Gasteiger partial charge is 0.378 e. The molecule has 128 valence electrons. The van der Waals surface area contributed by atoms with E-state index >= 15 is 0 Å². The van der Waals surface area contributed by atoms with Crippen molar-refractivity contribution in [2.24, 2.45) is 17.8 Å². The lowest BCUT2D eigenvalue weighted by atomic mass is 9.77. The van der Waals surface area contributed by atoms with Crippen LogP contribution in [0.4, 0.5) is 0 Å². The Balaban J connectivity index is 1.55. The van der Waals surface area contributed by atoms with Crippen molar-refractivity contribution in [3.8, 4) is 0 Å². The van der Waals surface area contributed by atoms with E-state index in [1.165, 1.54) is 70.6 Å². The van der Waals surface area contributed by atoms with E-state index in [0.29, 0.717) is 6.10 Å². The zero-order valence-corrected chi connectivity index (χ0v) is 15.1. The molecule has 0 radical (unpaired) electrons. The Labute approximate surface area is 138 Å². The highest BCUT2D eigenvalue weighted by Crippen LogP contribution is 2.36. The van der Waals surface area contributed by atoms with Gasteiger partial charge >= 0.3 is 0 Å². The quantitative estimate of drug-likeness (QED) is 0.463. The molecule has 2 fully saturated rings. The predicted octanol–water partition coefficient (Wildman–Crippen LogP) is 6.52. The lowest BCUT2D eigenvalue weighted by molar-refractivity contribution is 0.0168. The average molecular weight is 307 g/mol. The van der Waals surface area contributed by atoms with Crippen LogP contribution < -0.4 is 0 Å². The second-order valence-corrected chi connectivity index (χ2v) is 7.71. The maximum absolute atomic E-state index is 5.91. The van der Waals surface area contributed by atoms with Crippen molar-refractivity contribution in [1.29, 1.82) is 0 Å². The summed E-state index contributed by atoms with van der Waals surface area (Å²) < 4.78 is 5.91. The van der Waals surface area contributed by atoms with Gasteiger partial charge < -0.3 is 4.74 Å². The monoisotopic (exact) mass is 306 g/mol. The molecule has 0 aliphatic heterocycles. The van der Waals surface area contributed by atoms with Gasteiger partial charge in [-0.05, 0) is 82.0 Å². The first-order valence-electron chi connectivity index (χ1n) is 10.1. The van der Waals surface area contributed by atoms with Crippen molar-refractivity contribution in [2.45, 2.75) is 97.0 Å². The minimum absolute atomic E-state index is 0.581. The summed E-state index contributed by atoms with van der Waals surface area (Å²) in [7, 11) is 0. The van der Waals surface area contributed by atoms with E-state index in [-0.39, 0.29) is 0 Å². The standard InChI is InChI=1S/C21H38O/c1-3-5-6-18-7-9-19(10-8-18)11-12-20-13-15-21(16-14-20)22-17-4-2/h5-6,18-21H,3-4,7-17H2,1-2H3/t18-,19-,20-,21-. The molecule has 0 spiro atoms. The summed E-state index contributed by atoms with van der Waals surface area (Å²) in [6.45, 7) is 5.41. The van der Waals surface area contributed by atoms with Gasteiger partial charge in [0.2, 0.25) is 0 Å². The first-order chi connectivity index (χ1) is 10.8. The van der Waals surface area contributed by atoms with Gasteiger partial charge in [-0.1, -0.05) is 38.8 Å². The lowest BCUT2D eigenvalue weighted by Crippen LogP contribution is -2.22. The molecule has 2 aliphatic rings. The number of hydrogen-bond acceptors (Lipinski definition) is 1. The van der Waals surface area contributed by atoms with Crippen molar-refractivity contribution in [3.63, 3.8) is 0 Å². The van der Waals surface area contributed by atoms with Crippen LogP contribution in [0.25, 0.3) is 0 Å². The summed E-state index contributed by atoms with van der Waals surface area (Å²) in [5, 5.41) is 0. The van der Waals surface area contributed by atoms with Crippen molar-refractivity contribution >= 4 is 0 Å². The Hall–Kier alpha value is -0.300. The second kappa shape index (κ2) is 10.5. The third-order valence-corrected chi connectivity index (χ3v) is 5.87. The first-order valence-corrected chi connectivity index (χ1v) is 10.1. The average Bonchev–Trinajstić information content (AvgIpc) is 2.58. The van der Waals surface area contributed by atoms with E-state index in [0.717, 1.165) is 30.8 Å². The molecular weight excluding hydrogens is 268 g/mol. The van der Waals surface area contributed by atoms with Gasteiger partial charge in [-0.3, -0.25) is 0 Å². The lowest BCUT2D eigenvalue weighted by Gasteiger charge is -2.31. The summed E-state index contributed by atoms with van der Waals surface area (Å²) in [5.41, 5.74) is 0. The maximum Gasteiger partial charge on any atom is 0.0575 e. The van der Waals surface area contributed by atoms with Crippen molar-refractivity contribution in [1.82, 2.24) is 0 Å². The van der Waals surface area contributed by atoms with Crippen LogP contribution in [0, 0.1) is 17.8 Å². The van der Waals surface area contributed by atoms with Gasteiger partial charge in [-0.2, -0.15) is 0 Å². The van der Waals surface area contributed by atoms with Crippen LogP contribution in [-0.4, -0.2) is 12.7 Å². The van der Waals surface area contributed by atoms with Crippen LogP contribution >= 0.6 is 0 Å². The summed E-state index contributed by atoms with van der Waals surface area (Å²) in [4.78, 5) is 0. The Morgan fingerprint density at radius 1 is 0.818 bits per heavy atom. The number of allylic oxidation sites excluding steroid dienone is 2. The van der Waals surface area contributed by atoms with Crippen LogP contribution in [0.15, 0.2) is 12.2 Å². The van der Waals surface area contributed by atoms with E-state index in [1.807, 2.05) is 0 Å². The summed E-state index contributed by atoms with van der Waals surface area (Å²) in [6.07, 6.45) is 22.1. The molecule has 0 saturated heterocycles. The van der Waals surface area contributed by atoms with E-state index in [9.17, 15) is 0 Å². The van der Waals surface area contributed by atoms with Crippen LogP contribution in [0.5, 0.6) is 0 Å². The fraction of sp³-hybridized carbons (Fsp3) is 0.905. The maximum atomic E-state index is 5.91. The second-order valence-electron chi connectivity index (χ2n) is 7.71. The summed E-state index contributed by atoms with van der Waals surface area (Å²) in [5.74, 6) is 2.92. The minimum atomic E-state index is 0.581. The number of hydrogen-bond donors (Lipinski definition) is 0. The van der Waals surface area contributed by atoms with Crippen LogP contribution in [0.2, 0.25) is 0 Å². The summed E-state index contributed by atoms with van der Waals surface area (Å²) >= 11 is 0. The molecule has 2 saturated carbocycles. The van der Waals surface area contributed by atoms with Crippen molar-refractivity contribution in [2.75, 3.05) is 6.61 Å². The molecule has 1 heteroatoms. The fourth-order valence-corrected chi connectivity index (χ4v) is 4.34. The molecule has 22 heavy (non-hydrogen) atoms. The highest BCUT2D eigenvalue weighted by atomic mass is 16.5. The van der Waals surface area contributed by atoms with Gasteiger partial charge in [-0.15, -0.1) is 0 Å². The Morgan fingerprint density at radius 2 is 1.41 bits per heavy atom. The number of rotatable bonds is 8. The molecule has 2 aliphatic carbocycles. The third-order valence-electron chi connectivity index (χ3n) is 5.87. The third kappa shape index (κ3) is 6.44. The summed E-state index contributed by atoms with van der Waals surface area (Å²) in [6, 6.07) is 0. The van der Waals surface area contributed by atoms with Gasteiger partial charge in [0, 0.05) is 6.61 Å². The first kappa shape index (κ1) is 18.0. The van der Waals surface area contributed by atoms with E-state index < -0.39 is 0 Å². The Morgan fingerprint density at radius 3 is 1.95 bits per heavy atom. The molecule has 2 rings (SSSR count). The van der Waals surface area contributed by atoms with Gasteiger partial charge in [-0.25, -0.2) is 0 Å². The Kier molecular flexibility index (Phi) is 8.59. The van der Waals surface area contributed by atoms with Gasteiger partial charge in [0.05, 0.1) is 6.10 Å². The zero-order chi connectivity index (χ0) is 15.6. The van der Waals surface area contributed by atoms with Crippen LogP contribution in [-0.2, 0) is 4.74 Å². The van der Waals surface area contributed by atoms with E-state index in [2.05, 4.69) is 26.0 Å². The van der Waals surface area contributed by atoms with Crippen LogP contribution in [0.1, 0.15) is 90.9 Å². The zero-order valence-electron chi connectivity index (χ0n) is 15.1. The molecule has 0 bridgehead atoms. The predicted molar refractivity (Wildman–Crippen MR) is 96.1 cm³/mol. The molecule has 1 nitrogen and oxygen atoms in total. The normalized spacial score (nSPS) is 33.4. The number of ether oxygens (including phenoxy) is 1. The van der Waals surface area contributed by atoms with E-state index in [1.54, 1.807) is 0 Å². The fourth-order valence-electron chi connectivity index (χ4n) is 4.34. The minimum Gasteiger partial charge on any atom is -0.378 e. The molecule has 0 unspecified atom stereocenters. The molecule has 0 aromatic heterocycles. The SMILES string of the molecule is CCC=C[C@H]1CC[C@H](CC[C@H]2CC[C@H](OCCC)CC2)CC1. The van der Waals surface area contributed by atoms with Crippen molar-refractivity contribution in [3.05, 3.63) is 12.2 Å².